The van der Waals surface area contributed by atoms with Gasteiger partial charge in [0.05, 0.1) is 0 Å². The maximum atomic E-state index is 6.18. The molecule has 1 atom stereocenters. The van der Waals surface area contributed by atoms with Gasteiger partial charge in [0.25, 0.3) is 0 Å². The molecule has 0 aliphatic rings. The van der Waals surface area contributed by atoms with Crippen molar-refractivity contribution in [2.24, 2.45) is 0 Å². The van der Waals surface area contributed by atoms with Gasteiger partial charge in [-0.3, -0.25) is 0 Å². The van der Waals surface area contributed by atoms with E-state index in [9.17, 15) is 0 Å². The second kappa shape index (κ2) is 6.65. The standard InChI is InChI=1S/C15H14BrClS/c1-18-13-8-6-11(7-9-13)14(16)10-12-4-2-3-5-15(12)17/h2-9,14H,10H2,1H3. The molecule has 94 valence electrons. The molecule has 2 rings (SSSR count). The maximum Gasteiger partial charge on any atom is 0.0438 e. The van der Waals surface area contributed by atoms with E-state index in [2.05, 4.69) is 52.5 Å². The zero-order valence-corrected chi connectivity index (χ0v) is 13.2. The average Bonchev–Trinajstić information content (AvgIpc) is 2.41. The normalized spacial score (nSPS) is 12.4. The highest BCUT2D eigenvalue weighted by molar-refractivity contribution is 9.09. The van der Waals surface area contributed by atoms with Gasteiger partial charge < -0.3 is 0 Å². The van der Waals surface area contributed by atoms with Gasteiger partial charge in [-0.2, -0.15) is 0 Å². The van der Waals surface area contributed by atoms with Gasteiger partial charge >= 0.3 is 0 Å². The Morgan fingerprint density at radius 2 is 1.78 bits per heavy atom. The molecule has 0 saturated carbocycles. The van der Waals surface area contributed by atoms with Crippen LogP contribution in [-0.4, -0.2) is 6.26 Å². The highest BCUT2D eigenvalue weighted by Crippen LogP contribution is 2.30. The van der Waals surface area contributed by atoms with Crippen molar-refractivity contribution in [3.8, 4) is 0 Å². The molecule has 0 N–H and O–H groups in total. The summed E-state index contributed by atoms with van der Waals surface area (Å²) < 4.78 is 0. The Morgan fingerprint density at radius 3 is 2.39 bits per heavy atom. The third-order valence-electron chi connectivity index (χ3n) is 2.83. The van der Waals surface area contributed by atoms with Crippen LogP contribution in [0.15, 0.2) is 53.4 Å². The van der Waals surface area contributed by atoms with Gasteiger partial charge in [-0.1, -0.05) is 57.9 Å². The molecule has 0 nitrogen and oxygen atoms in total. The molecular formula is C15H14BrClS. The van der Waals surface area contributed by atoms with Gasteiger partial charge in [0.2, 0.25) is 0 Å². The molecule has 0 aliphatic carbocycles. The topological polar surface area (TPSA) is 0 Å². The van der Waals surface area contributed by atoms with Gasteiger partial charge in [0.1, 0.15) is 0 Å². The zero-order valence-electron chi connectivity index (χ0n) is 10.1. The SMILES string of the molecule is CSc1ccc(C(Br)Cc2ccccc2Cl)cc1. The van der Waals surface area contributed by atoms with E-state index in [0.717, 1.165) is 11.4 Å². The lowest BCUT2D eigenvalue weighted by molar-refractivity contribution is 0.947. The molecule has 18 heavy (non-hydrogen) atoms. The van der Waals surface area contributed by atoms with Crippen molar-refractivity contribution in [3.05, 3.63) is 64.7 Å². The highest BCUT2D eigenvalue weighted by Gasteiger charge is 2.10. The summed E-state index contributed by atoms with van der Waals surface area (Å²) in [5, 5.41) is 0.836. The van der Waals surface area contributed by atoms with Crippen molar-refractivity contribution in [3.63, 3.8) is 0 Å². The third-order valence-corrected chi connectivity index (χ3v) is 4.80. The van der Waals surface area contributed by atoms with Crippen LogP contribution in [0, 0.1) is 0 Å². The van der Waals surface area contributed by atoms with E-state index in [0.29, 0.717) is 4.83 Å². The van der Waals surface area contributed by atoms with Crippen molar-refractivity contribution in [1.29, 1.82) is 0 Å². The van der Waals surface area contributed by atoms with Crippen molar-refractivity contribution in [2.75, 3.05) is 6.26 Å². The van der Waals surface area contributed by atoms with Crippen LogP contribution in [0.25, 0.3) is 0 Å². The zero-order chi connectivity index (χ0) is 13.0. The summed E-state index contributed by atoms with van der Waals surface area (Å²) in [5.41, 5.74) is 2.46. The van der Waals surface area contributed by atoms with Crippen LogP contribution in [0.1, 0.15) is 16.0 Å². The minimum Gasteiger partial charge on any atom is -0.130 e. The summed E-state index contributed by atoms with van der Waals surface area (Å²) in [6, 6.07) is 16.6. The average molecular weight is 342 g/mol. The Kier molecular flexibility index (Phi) is 5.16. The molecule has 2 aromatic rings. The second-order valence-electron chi connectivity index (χ2n) is 4.04. The first-order chi connectivity index (χ1) is 8.70. The molecule has 0 aromatic heterocycles. The fraction of sp³-hybridized carbons (Fsp3) is 0.200. The molecular weight excluding hydrogens is 328 g/mol. The van der Waals surface area contributed by atoms with Gasteiger partial charge in [-0.05, 0) is 42.0 Å². The lowest BCUT2D eigenvalue weighted by Crippen LogP contribution is -1.96. The van der Waals surface area contributed by atoms with Crippen molar-refractivity contribution in [1.82, 2.24) is 0 Å². The first-order valence-corrected chi connectivity index (χ1v) is 8.24. The smallest absolute Gasteiger partial charge is 0.0438 e. The number of thioether (sulfide) groups is 1. The van der Waals surface area contributed by atoms with Crippen LogP contribution in [0.4, 0.5) is 0 Å². The quantitative estimate of drug-likeness (QED) is 0.504. The van der Waals surface area contributed by atoms with Crippen LogP contribution in [-0.2, 0) is 6.42 Å². The molecule has 0 aliphatic heterocycles. The van der Waals surface area contributed by atoms with Crippen molar-refractivity contribution >= 4 is 39.3 Å². The molecule has 2 aromatic carbocycles. The van der Waals surface area contributed by atoms with E-state index < -0.39 is 0 Å². The Hall–Kier alpha value is -0.440. The van der Waals surface area contributed by atoms with Crippen LogP contribution in [0.3, 0.4) is 0 Å². The first kappa shape index (κ1) is 14.0. The molecule has 0 radical (unpaired) electrons. The number of alkyl halides is 1. The summed E-state index contributed by atoms with van der Waals surface area (Å²) in [6.07, 6.45) is 2.99. The first-order valence-electron chi connectivity index (χ1n) is 5.72. The molecule has 0 fully saturated rings. The molecule has 0 heterocycles. The monoisotopic (exact) mass is 340 g/mol. The second-order valence-corrected chi connectivity index (χ2v) is 6.43. The Labute approximate surface area is 126 Å². The van der Waals surface area contributed by atoms with Crippen LogP contribution < -0.4 is 0 Å². The summed E-state index contributed by atoms with van der Waals surface area (Å²) in [5.74, 6) is 0. The van der Waals surface area contributed by atoms with E-state index in [1.54, 1.807) is 11.8 Å². The minimum atomic E-state index is 0.299. The Bertz CT molecular complexity index is 510. The van der Waals surface area contributed by atoms with E-state index >= 15 is 0 Å². The molecule has 1 unspecified atom stereocenters. The molecule has 0 spiro atoms. The molecule has 0 bridgehead atoms. The van der Waals surface area contributed by atoms with E-state index in [1.807, 2.05) is 18.2 Å². The van der Waals surface area contributed by atoms with Crippen molar-refractivity contribution in [2.45, 2.75) is 16.1 Å². The van der Waals surface area contributed by atoms with E-state index in [4.69, 9.17) is 11.6 Å². The predicted molar refractivity (Wildman–Crippen MR) is 85.0 cm³/mol. The number of hydrogen-bond acceptors (Lipinski definition) is 1. The van der Waals surface area contributed by atoms with Crippen LogP contribution >= 0.6 is 39.3 Å². The number of benzene rings is 2. The summed E-state index contributed by atoms with van der Waals surface area (Å²) in [6.45, 7) is 0. The largest absolute Gasteiger partial charge is 0.130 e. The lowest BCUT2D eigenvalue weighted by atomic mass is 10.0. The summed E-state index contributed by atoms with van der Waals surface area (Å²) >= 11 is 11.7. The fourth-order valence-corrected chi connectivity index (χ4v) is 3.06. The van der Waals surface area contributed by atoms with Crippen LogP contribution in [0.5, 0.6) is 0 Å². The van der Waals surface area contributed by atoms with Gasteiger partial charge in [0.15, 0.2) is 0 Å². The van der Waals surface area contributed by atoms with Gasteiger partial charge in [-0.25, -0.2) is 0 Å². The van der Waals surface area contributed by atoms with E-state index in [-0.39, 0.29) is 0 Å². The fourth-order valence-electron chi connectivity index (χ4n) is 1.79. The molecule has 0 saturated heterocycles. The summed E-state index contributed by atoms with van der Waals surface area (Å²) in [7, 11) is 0. The van der Waals surface area contributed by atoms with Gasteiger partial charge in [0, 0.05) is 14.7 Å². The maximum absolute atomic E-state index is 6.18. The Morgan fingerprint density at radius 1 is 1.11 bits per heavy atom. The number of halogens is 2. The van der Waals surface area contributed by atoms with E-state index in [1.165, 1.54) is 16.0 Å². The number of hydrogen-bond donors (Lipinski definition) is 0. The predicted octanol–water partition coefficient (Wildman–Crippen LogP) is 5.74. The highest BCUT2D eigenvalue weighted by atomic mass is 79.9. The van der Waals surface area contributed by atoms with Gasteiger partial charge in [-0.15, -0.1) is 11.8 Å². The third kappa shape index (κ3) is 3.53. The lowest BCUT2D eigenvalue weighted by Gasteiger charge is -2.12. The molecule has 3 heteroatoms. The minimum absolute atomic E-state index is 0.299. The molecule has 0 amide bonds. The van der Waals surface area contributed by atoms with Crippen molar-refractivity contribution < 1.29 is 0 Å². The Balaban J connectivity index is 2.11. The van der Waals surface area contributed by atoms with Crippen LogP contribution in [0.2, 0.25) is 5.02 Å². The number of rotatable bonds is 4. The summed E-state index contributed by atoms with van der Waals surface area (Å²) in [4.78, 5) is 1.59.